The molecule has 6 heteroatoms. The molecule has 1 saturated heterocycles. The van der Waals surface area contributed by atoms with Gasteiger partial charge in [-0.3, -0.25) is 8.98 Å². The van der Waals surface area contributed by atoms with Crippen LogP contribution in [0.5, 0.6) is 0 Å². The zero-order valence-electron chi connectivity index (χ0n) is 11.5. The first-order chi connectivity index (χ1) is 8.96. The molecule has 1 saturated carbocycles. The quantitative estimate of drug-likeness (QED) is 0.739. The van der Waals surface area contributed by atoms with Gasteiger partial charge >= 0.3 is 0 Å². The van der Waals surface area contributed by atoms with Crippen molar-refractivity contribution in [3.8, 4) is 0 Å². The highest BCUT2D eigenvalue weighted by Crippen LogP contribution is 2.29. The molecule has 0 bridgehead atoms. The maximum absolute atomic E-state index is 12.3. The highest BCUT2D eigenvalue weighted by molar-refractivity contribution is 7.86. The largest absolute Gasteiger partial charge is 0.342 e. The van der Waals surface area contributed by atoms with Crippen LogP contribution >= 0.6 is 0 Å². The number of rotatable bonds is 3. The molecule has 0 aromatic carbocycles. The smallest absolute Gasteiger partial charge is 0.264 e. The molecule has 0 aromatic heterocycles. The fraction of sp³-hybridized carbons (Fsp3) is 0.923. The van der Waals surface area contributed by atoms with E-state index in [1.54, 1.807) is 0 Å². The second kappa shape index (κ2) is 6.22. The van der Waals surface area contributed by atoms with Gasteiger partial charge < -0.3 is 4.90 Å². The van der Waals surface area contributed by atoms with E-state index in [1.807, 2.05) is 4.90 Å². The Bertz CT molecular complexity index is 406. The van der Waals surface area contributed by atoms with E-state index in [2.05, 4.69) is 0 Å². The summed E-state index contributed by atoms with van der Waals surface area (Å²) in [6.45, 7) is 1.78. The number of nitrogens with zero attached hydrogens (tertiary/aromatic N) is 1. The zero-order valence-corrected chi connectivity index (χ0v) is 12.3. The molecule has 2 fully saturated rings. The van der Waals surface area contributed by atoms with Crippen molar-refractivity contribution in [3.63, 3.8) is 0 Å². The van der Waals surface area contributed by atoms with Crippen LogP contribution < -0.4 is 0 Å². The predicted molar refractivity (Wildman–Crippen MR) is 72.1 cm³/mol. The predicted octanol–water partition coefficient (Wildman–Crippen LogP) is 1.53. The van der Waals surface area contributed by atoms with Gasteiger partial charge in [0.15, 0.2) is 0 Å². The summed E-state index contributed by atoms with van der Waals surface area (Å²) in [7, 11) is -3.38. The Hall–Kier alpha value is -0.620. The van der Waals surface area contributed by atoms with Gasteiger partial charge in [0.2, 0.25) is 5.91 Å². The monoisotopic (exact) mass is 289 g/mol. The Kier molecular flexibility index (Phi) is 4.84. The van der Waals surface area contributed by atoms with Crippen LogP contribution in [-0.4, -0.2) is 44.7 Å². The van der Waals surface area contributed by atoms with Crippen molar-refractivity contribution in [2.75, 3.05) is 19.3 Å². The summed E-state index contributed by atoms with van der Waals surface area (Å²) in [6, 6.07) is 0. The van der Waals surface area contributed by atoms with E-state index in [1.165, 1.54) is 6.42 Å². The Morgan fingerprint density at radius 2 is 1.63 bits per heavy atom. The van der Waals surface area contributed by atoms with Crippen LogP contribution in [0.4, 0.5) is 0 Å². The standard InChI is InChI=1S/C13H23NO4S/c1-19(16,17)18-12-7-5-11(6-8-12)13(15)14-9-3-2-4-10-14/h11-12H,2-10H2,1H3. The fourth-order valence-electron chi connectivity index (χ4n) is 3.03. The van der Waals surface area contributed by atoms with E-state index >= 15 is 0 Å². The van der Waals surface area contributed by atoms with Gasteiger partial charge in [0.05, 0.1) is 12.4 Å². The van der Waals surface area contributed by atoms with Crippen molar-refractivity contribution in [1.82, 2.24) is 4.90 Å². The third kappa shape index (κ3) is 4.45. The van der Waals surface area contributed by atoms with E-state index in [4.69, 9.17) is 4.18 Å². The van der Waals surface area contributed by atoms with Crippen molar-refractivity contribution < 1.29 is 17.4 Å². The maximum Gasteiger partial charge on any atom is 0.264 e. The van der Waals surface area contributed by atoms with E-state index in [9.17, 15) is 13.2 Å². The number of likely N-dealkylation sites (tertiary alicyclic amines) is 1. The number of hydrogen-bond donors (Lipinski definition) is 0. The first-order valence-corrected chi connectivity index (χ1v) is 8.94. The highest BCUT2D eigenvalue weighted by Gasteiger charge is 2.31. The van der Waals surface area contributed by atoms with E-state index in [0.717, 1.165) is 45.0 Å². The Balaban J connectivity index is 1.80. The van der Waals surface area contributed by atoms with Crippen molar-refractivity contribution >= 4 is 16.0 Å². The topological polar surface area (TPSA) is 63.7 Å². The molecule has 0 N–H and O–H groups in total. The molecule has 110 valence electrons. The number of hydrogen-bond acceptors (Lipinski definition) is 4. The molecular formula is C13H23NO4S. The van der Waals surface area contributed by atoms with Gasteiger partial charge in [0.1, 0.15) is 0 Å². The Morgan fingerprint density at radius 3 is 2.16 bits per heavy atom. The molecule has 0 spiro atoms. The van der Waals surface area contributed by atoms with Crippen molar-refractivity contribution in [2.45, 2.75) is 51.0 Å². The lowest BCUT2D eigenvalue weighted by molar-refractivity contribution is -0.138. The molecule has 2 aliphatic rings. The molecule has 19 heavy (non-hydrogen) atoms. The van der Waals surface area contributed by atoms with Gasteiger partial charge in [-0.2, -0.15) is 8.42 Å². The first kappa shape index (κ1) is 14.8. The Labute approximate surface area is 115 Å². The molecule has 0 aromatic rings. The van der Waals surface area contributed by atoms with E-state index in [0.29, 0.717) is 12.8 Å². The highest BCUT2D eigenvalue weighted by atomic mass is 32.2. The summed E-state index contributed by atoms with van der Waals surface area (Å²) in [4.78, 5) is 14.3. The summed E-state index contributed by atoms with van der Waals surface area (Å²) in [5.41, 5.74) is 0. The van der Waals surface area contributed by atoms with Crippen LogP contribution in [0.25, 0.3) is 0 Å². The zero-order chi connectivity index (χ0) is 13.9. The molecule has 0 unspecified atom stereocenters. The van der Waals surface area contributed by atoms with Crippen LogP contribution in [0, 0.1) is 5.92 Å². The summed E-state index contributed by atoms with van der Waals surface area (Å²) in [5.74, 6) is 0.329. The molecule has 1 heterocycles. The average Bonchev–Trinajstić information content (AvgIpc) is 2.38. The lowest BCUT2D eigenvalue weighted by Gasteiger charge is -2.33. The maximum atomic E-state index is 12.3. The van der Waals surface area contributed by atoms with Crippen LogP contribution in [-0.2, 0) is 19.1 Å². The van der Waals surface area contributed by atoms with Gasteiger partial charge in [0.25, 0.3) is 10.1 Å². The van der Waals surface area contributed by atoms with Gasteiger partial charge in [-0.25, -0.2) is 0 Å². The second-order valence-electron chi connectivity index (χ2n) is 5.66. The molecule has 1 aliphatic heterocycles. The second-order valence-corrected chi connectivity index (χ2v) is 7.26. The summed E-state index contributed by atoms with van der Waals surface area (Å²) in [5, 5.41) is 0. The number of carbonyl (C=O) groups is 1. The van der Waals surface area contributed by atoms with Crippen molar-refractivity contribution in [2.24, 2.45) is 5.92 Å². The SMILES string of the molecule is CS(=O)(=O)OC1CCC(C(=O)N2CCCCC2)CC1. The lowest BCUT2D eigenvalue weighted by Crippen LogP contribution is -2.41. The van der Waals surface area contributed by atoms with Crippen LogP contribution in [0.2, 0.25) is 0 Å². The van der Waals surface area contributed by atoms with E-state index in [-0.39, 0.29) is 17.9 Å². The molecular weight excluding hydrogens is 266 g/mol. The minimum Gasteiger partial charge on any atom is -0.342 e. The van der Waals surface area contributed by atoms with Crippen molar-refractivity contribution in [3.05, 3.63) is 0 Å². The molecule has 0 radical (unpaired) electrons. The number of piperidine rings is 1. The number of amides is 1. The molecule has 1 aliphatic carbocycles. The van der Waals surface area contributed by atoms with Gasteiger partial charge in [-0.15, -0.1) is 0 Å². The fourth-order valence-corrected chi connectivity index (χ4v) is 3.71. The van der Waals surface area contributed by atoms with Gasteiger partial charge in [0, 0.05) is 19.0 Å². The van der Waals surface area contributed by atoms with Crippen molar-refractivity contribution in [1.29, 1.82) is 0 Å². The summed E-state index contributed by atoms with van der Waals surface area (Å²) >= 11 is 0. The van der Waals surface area contributed by atoms with Crippen LogP contribution in [0.3, 0.4) is 0 Å². The first-order valence-electron chi connectivity index (χ1n) is 7.13. The minimum atomic E-state index is -3.38. The molecule has 5 nitrogen and oxygen atoms in total. The lowest BCUT2D eigenvalue weighted by atomic mass is 9.86. The van der Waals surface area contributed by atoms with Crippen LogP contribution in [0.15, 0.2) is 0 Å². The van der Waals surface area contributed by atoms with Crippen LogP contribution in [0.1, 0.15) is 44.9 Å². The number of carbonyl (C=O) groups excluding carboxylic acids is 1. The Morgan fingerprint density at radius 1 is 1.05 bits per heavy atom. The minimum absolute atomic E-state index is 0.0671. The van der Waals surface area contributed by atoms with Gasteiger partial charge in [-0.05, 0) is 44.9 Å². The molecule has 0 atom stereocenters. The average molecular weight is 289 g/mol. The van der Waals surface area contributed by atoms with E-state index < -0.39 is 10.1 Å². The van der Waals surface area contributed by atoms with Gasteiger partial charge in [-0.1, -0.05) is 0 Å². The summed E-state index contributed by atoms with van der Waals surface area (Å²) in [6.07, 6.45) is 7.10. The summed E-state index contributed by atoms with van der Waals surface area (Å²) < 4.78 is 27.1. The third-order valence-corrected chi connectivity index (χ3v) is 4.62. The normalized spacial score (nSPS) is 29.2. The third-order valence-electron chi connectivity index (χ3n) is 4.00. The molecule has 2 rings (SSSR count). The molecule has 1 amide bonds.